The summed E-state index contributed by atoms with van der Waals surface area (Å²) in [5.74, 6) is -0.454. The molecule has 2 aliphatic carbocycles. The molecular formula is C17H30N2O4. The van der Waals surface area contributed by atoms with Crippen LogP contribution in [-0.4, -0.2) is 76.2 Å². The molecule has 0 radical (unpaired) electrons. The molecule has 0 N–H and O–H groups in total. The number of nitrogens with zero attached hydrogens (tertiary/aromatic N) is 2. The number of rotatable bonds is 8. The second-order valence-corrected chi connectivity index (χ2v) is 7.33. The average molecular weight is 326 g/mol. The van der Waals surface area contributed by atoms with Crippen molar-refractivity contribution in [2.45, 2.75) is 19.3 Å². The number of likely N-dealkylation sites (N-methyl/N-ethyl adjacent to an activating group) is 2. The zero-order valence-electron chi connectivity index (χ0n) is 14.8. The molecule has 0 aromatic heterocycles. The monoisotopic (exact) mass is 326 g/mol. The Hall–Kier alpha value is -1.14. The highest BCUT2D eigenvalue weighted by molar-refractivity contribution is 5.83. The standard InChI is InChI=1S/C17H30N2O4/c1-18(2)7-9-22-16(20)14-12-5-6-13(11-12)15(14)17(21)23-10-8-19(3)4/h12-15H,5-11H2,1-4H3/t12-,13+,14-,15-/m1/s1. The molecule has 0 amide bonds. The van der Waals surface area contributed by atoms with Crippen LogP contribution < -0.4 is 0 Å². The Labute approximate surface area is 139 Å². The fourth-order valence-corrected chi connectivity index (χ4v) is 3.82. The predicted octanol–water partition coefficient (Wildman–Crippen LogP) is 0.858. The van der Waals surface area contributed by atoms with Gasteiger partial charge in [0.2, 0.25) is 0 Å². The van der Waals surface area contributed by atoms with Gasteiger partial charge in [0, 0.05) is 13.1 Å². The summed E-state index contributed by atoms with van der Waals surface area (Å²) >= 11 is 0. The third kappa shape index (κ3) is 4.67. The van der Waals surface area contributed by atoms with Crippen molar-refractivity contribution in [3.63, 3.8) is 0 Å². The number of fused-ring (bicyclic) bond motifs is 2. The van der Waals surface area contributed by atoms with E-state index >= 15 is 0 Å². The zero-order chi connectivity index (χ0) is 17.0. The van der Waals surface area contributed by atoms with Crippen LogP contribution >= 0.6 is 0 Å². The molecule has 0 aromatic carbocycles. The first-order chi connectivity index (χ1) is 10.9. The molecule has 0 spiro atoms. The number of hydrogen-bond acceptors (Lipinski definition) is 6. The second-order valence-electron chi connectivity index (χ2n) is 7.33. The highest BCUT2D eigenvalue weighted by atomic mass is 16.5. The van der Waals surface area contributed by atoms with Gasteiger partial charge in [0.1, 0.15) is 13.2 Å². The summed E-state index contributed by atoms with van der Waals surface area (Å²) in [4.78, 5) is 28.9. The van der Waals surface area contributed by atoms with Gasteiger partial charge in [-0.15, -0.1) is 0 Å². The lowest BCUT2D eigenvalue weighted by atomic mass is 9.79. The van der Waals surface area contributed by atoms with Gasteiger partial charge in [-0.3, -0.25) is 9.59 Å². The lowest BCUT2D eigenvalue weighted by molar-refractivity contribution is -0.163. The van der Waals surface area contributed by atoms with Gasteiger partial charge in [-0.25, -0.2) is 0 Å². The molecule has 132 valence electrons. The third-order valence-electron chi connectivity index (χ3n) is 5.03. The average Bonchev–Trinajstić information content (AvgIpc) is 3.06. The molecule has 0 heterocycles. The van der Waals surface area contributed by atoms with Crippen LogP contribution in [0, 0.1) is 23.7 Å². The van der Waals surface area contributed by atoms with Crippen molar-refractivity contribution in [1.82, 2.24) is 9.80 Å². The first-order valence-electron chi connectivity index (χ1n) is 8.53. The van der Waals surface area contributed by atoms with E-state index in [9.17, 15) is 9.59 Å². The third-order valence-corrected chi connectivity index (χ3v) is 5.03. The van der Waals surface area contributed by atoms with E-state index in [0.717, 1.165) is 19.3 Å². The Balaban J connectivity index is 1.91. The number of carbonyl (C=O) groups is 2. The van der Waals surface area contributed by atoms with Crippen molar-refractivity contribution in [2.75, 3.05) is 54.5 Å². The predicted molar refractivity (Wildman–Crippen MR) is 86.8 cm³/mol. The van der Waals surface area contributed by atoms with E-state index in [-0.39, 0.29) is 23.8 Å². The smallest absolute Gasteiger partial charge is 0.310 e. The van der Waals surface area contributed by atoms with Crippen LogP contribution in [0.5, 0.6) is 0 Å². The van der Waals surface area contributed by atoms with E-state index in [4.69, 9.17) is 9.47 Å². The quantitative estimate of drug-likeness (QED) is 0.617. The fourth-order valence-electron chi connectivity index (χ4n) is 3.82. The van der Waals surface area contributed by atoms with Crippen molar-refractivity contribution >= 4 is 11.9 Å². The van der Waals surface area contributed by atoms with Gasteiger partial charge < -0.3 is 19.3 Å². The molecule has 23 heavy (non-hydrogen) atoms. The van der Waals surface area contributed by atoms with Gasteiger partial charge in [-0.2, -0.15) is 0 Å². The largest absolute Gasteiger partial charge is 0.464 e. The van der Waals surface area contributed by atoms with Gasteiger partial charge in [0.15, 0.2) is 0 Å². The van der Waals surface area contributed by atoms with Gasteiger partial charge in [-0.05, 0) is 59.3 Å². The van der Waals surface area contributed by atoms with E-state index in [0.29, 0.717) is 38.1 Å². The topological polar surface area (TPSA) is 59.1 Å². The number of carbonyl (C=O) groups excluding carboxylic acids is 2. The van der Waals surface area contributed by atoms with Crippen molar-refractivity contribution in [3.05, 3.63) is 0 Å². The van der Waals surface area contributed by atoms with Gasteiger partial charge >= 0.3 is 11.9 Å². The van der Waals surface area contributed by atoms with Crippen molar-refractivity contribution in [3.8, 4) is 0 Å². The van der Waals surface area contributed by atoms with Crippen LogP contribution in [0.4, 0.5) is 0 Å². The van der Waals surface area contributed by atoms with E-state index in [1.807, 2.05) is 38.0 Å². The zero-order valence-corrected chi connectivity index (χ0v) is 14.8. The molecule has 0 unspecified atom stereocenters. The van der Waals surface area contributed by atoms with Crippen LogP contribution in [0.1, 0.15) is 19.3 Å². The Morgan fingerprint density at radius 3 is 1.57 bits per heavy atom. The van der Waals surface area contributed by atoms with Crippen LogP contribution in [0.25, 0.3) is 0 Å². The number of ether oxygens (including phenoxy) is 2. The van der Waals surface area contributed by atoms with Crippen LogP contribution in [0.15, 0.2) is 0 Å². The highest BCUT2D eigenvalue weighted by Gasteiger charge is 2.55. The maximum absolute atomic E-state index is 12.5. The molecule has 2 aliphatic rings. The van der Waals surface area contributed by atoms with Crippen LogP contribution in [0.3, 0.4) is 0 Å². The summed E-state index contributed by atoms with van der Waals surface area (Å²) in [6.07, 6.45) is 3.01. The number of esters is 2. The molecule has 6 heteroatoms. The Morgan fingerprint density at radius 1 is 0.826 bits per heavy atom. The SMILES string of the molecule is CN(C)CCOC(=O)[C@@H]1[C@@H]2CC[C@@H](C2)[C@H]1C(=O)OCCN(C)C. The first kappa shape index (κ1) is 18.2. The Kier molecular flexibility index (Phi) is 6.41. The molecule has 0 saturated heterocycles. The van der Waals surface area contributed by atoms with Gasteiger partial charge in [-0.1, -0.05) is 0 Å². The minimum atomic E-state index is -0.303. The molecule has 2 fully saturated rings. The number of hydrogen-bond donors (Lipinski definition) is 0. The molecule has 6 nitrogen and oxygen atoms in total. The summed E-state index contributed by atoms with van der Waals surface area (Å²) in [5, 5.41) is 0. The Bertz CT molecular complexity index is 387. The lowest BCUT2D eigenvalue weighted by Crippen LogP contribution is -2.38. The molecule has 2 bridgehead atoms. The fraction of sp³-hybridized carbons (Fsp3) is 0.882. The second kappa shape index (κ2) is 8.11. The van der Waals surface area contributed by atoms with Crippen molar-refractivity contribution in [2.24, 2.45) is 23.7 Å². The maximum Gasteiger partial charge on any atom is 0.310 e. The highest BCUT2D eigenvalue weighted by Crippen LogP contribution is 2.53. The van der Waals surface area contributed by atoms with Crippen molar-refractivity contribution < 1.29 is 19.1 Å². The summed E-state index contributed by atoms with van der Waals surface area (Å²) in [6.45, 7) is 2.15. The molecule has 2 saturated carbocycles. The molecule has 0 aliphatic heterocycles. The van der Waals surface area contributed by atoms with E-state index in [1.54, 1.807) is 0 Å². The van der Waals surface area contributed by atoms with Crippen LogP contribution in [0.2, 0.25) is 0 Å². The van der Waals surface area contributed by atoms with Crippen LogP contribution in [-0.2, 0) is 19.1 Å². The Morgan fingerprint density at radius 2 is 1.22 bits per heavy atom. The van der Waals surface area contributed by atoms with Gasteiger partial charge in [0.25, 0.3) is 0 Å². The minimum Gasteiger partial charge on any atom is -0.464 e. The summed E-state index contributed by atoms with van der Waals surface area (Å²) in [6, 6.07) is 0. The molecule has 4 atom stereocenters. The summed E-state index contributed by atoms with van der Waals surface area (Å²) in [7, 11) is 7.76. The minimum absolute atomic E-state index is 0.214. The van der Waals surface area contributed by atoms with Crippen molar-refractivity contribution in [1.29, 1.82) is 0 Å². The lowest BCUT2D eigenvalue weighted by Gasteiger charge is -2.28. The molecule has 0 aromatic rings. The molecule has 2 rings (SSSR count). The summed E-state index contributed by atoms with van der Waals surface area (Å²) < 4.78 is 10.8. The maximum atomic E-state index is 12.5. The van der Waals surface area contributed by atoms with Gasteiger partial charge in [0.05, 0.1) is 11.8 Å². The normalized spacial score (nSPS) is 29.3. The van der Waals surface area contributed by atoms with E-state index in [1.165, 1.54) is 0 Å². The molecular weight excluding hydrogens is 296 g/mol. The first-order valence-corrected chi connectivity index (χ1v) is 8.53. The summed E-state index contributed by atoms with van der Waals surface area (Å²) in [5.41, 5.74) is 0. The van der Waals surface area contributed by atoms with E-state index in [2.05, 4.69) is 0 Å². The van der Waals surface area contributed by atoms with E-state index < -0.39 is 0 Å².